The van der Waals surface area contributed by atoms with Crippen molar-refractivity contribution in [3.63, 3.8) is 0 Å². The van der Waals surface area contributed by atoms with E-state index in [1.807, 2.05) is 6.92 Å². The number of rotatable bonds is 8. The van der Waals surface area contributed by atoms with E-state index in [1.54, 1.807) is 13.3 Å². The summed E-state index contributed by atoms with van der Waals surface area (Å²) in [5.74, 6) is 1.58. The van der Waals surface area contributed by atoms with Crippen LogP contribution in [-0.4, -0.2) is 49.3 Å². The summed E-state index contributed by atoms with van der Waals surface area (Å²) >= 11 is 0. The molecule has 0 bridgehead atoms. The molecular formula is C22H34N4O3Si. The summed E-state index contributed by atoms with van der Waals surface area (Å²) in [5.41, 5.74) is 3.66. The zero-order valence-corrected chi connectivity index (χ0v) is 20.4. The van der Waals surface area contributed by atoms with Crippen LogP contribution in [0.3, 0.4) is 0 Å². The highest BCUT2D eigenvalue weighted by atomic mass is 28.4. The van der Waals surface area contributed by atoms with Crippen molar-refractivity contribution in [3.05, 3.63) is 23.5 Å². The molecule has 0 aromatic carbocycles. The lowest BCUT2D eigenvalue weighted by Crippen LogP contribution is -2.41. The molecule has 1 aliphatic rings. The van der Waals surface area contributed by atoms with Crippen molar-refractivity contribution in [1.82, 2.24) is 20.2 Å². The van der Waals surface area contributed by atoms with Gasteiger partial charge in [-0.25, -0.2) is 4.98 Å². The summed E-state index contributed by atoms with van der Waals surface area (Å²) in [6.07, 6.45) is 3.93. The van der Waals surface area contributed by atoms with Crippen LogP contribution in [0.4, 0.5) is 0 Å². The lowest BCUT2D eigenvalue weighted by atomic mass is 10.0. The van der Waals surface area contributed by atoms with Crippen molar-refractivity contribution in [2.45, 2.75) is 64.6 Å². The molecule has 8 heteroatoms. The number of aryl methyl sites for hydroxylation is 1. The van der Waals surface area contributed by atoms with E-state index in [9.17, 15) is 0 Å². The molecule has 0 N–H and O–H groups in total. The minimum atomic E-state index is -1.69. The summed E-state index contributed by atoms with van der Waals surface area (Å²) in [6, 6.07) is 2.37. The minimum absolute atomic E-state index is 0.246. The molecule has 3 rings (SSSR count). The molecule has 1 fully saturated rings. The number of aromatic nitrogens is 4. The van der Waals surface area contributed by atoms with Gasteiger partial charge in [-0.2, -0.15) is 10.1 Å². The molecule has 2 aromatic heterocycles. The molecule has 0 aliphatic heterocycles. The molecule has 2 unspecified atom stereocenters. The number of methoxy groups -OCH3 is 2. The zero-order valence-electron chi connectivity index (χ0n) is 19.4. The van der Waals surface area contributed by atoms with Gasteiger partial charge in [-0.05, 0) is 61.4 Å². The molecule has 0 radical (unpaired) electrons. The quantitative estimate of drug-likeness (QED) is 0.558. The van der Waals surface area contributed by atoms with Crippen LogP contribution in [0, 0.1) is 12.8 Å². The van der Waals surface area contributed by atoms with Crippen LogP contribution >= 0.6 is 0 Å². The maximum absolute atomic E-state index is 6.37. The van der Waals surface area contributed by atoms with Gasteiger partial charge in [0.2, 0.25) is 5.88 Å². The Bertz CT molecular complexity index is 898. The Kier molecular flexibility index (Phi) is 6.47. The van der Waals surface area contributed by atoms with E-state index in [1.165, 1.54) is 19.1 Å². The van der Waals surface area contributed by atoms with E-state index in [2.05, 4.69) is 60.1 Å². The maximum atomic E-state index is 6.37. The topological polar surface area (TPSA) is 79.2 Å². The Hall–Kier alpha value is -2.06. The summed E-state index contributed by atoms with van der Waals surface area (Å²) in [4.78, 5) is 8.46. The fraction of sp³-hybridized carbons (Fsp3) is 0.636. The Morgan fingerprint density at radius 2 is 1.87 bits per heavy atom. The third-order valence-corrected chi connectivity index (χ3v) is 11.0. The van der Waals surface area contributed by atoms with Gasteiger partial charge < -0.3 is 13.9 Å². The van der Waals surface area contributed by atoms with E-state index in [0.29, 0.717) is 23.3 Å². The molecule has 1 aliphatic carbocycles. The molecule has 30 heavy (non-hydrogen) atoms. The molecule has 0 spiro atoms. The lowest BCUT2D eigenvalue weighted by molar-refractivity contribution is 0.274. The van der Waals surface area contributed by atoms with Gasteiger partial charge >= 0.3 is 6.01 Å². The summed E-state index contributed by atoms with van der Waals surface area (Å²) in [6.45, 7) is 14.3. The van der Waals surface area contributed by atoms with Gasteiger partial charge in [-0.1, -0.05) is 20.8 Å². The average Bonchev–Trinajstić information content (AvgIpc) is 3.46. The Labute approximate surface area is 180 Å². The van der Waals surface area contributed by atoms with E-state index in [-0.39, 0.29) is 11.0 Å². The Balaban J connectivity index is 1.71. The fourth-order valence-corrected chi connectivity index (χ4v) is 4.45. The third-order valence-electron chi connectivity index (χ3n) is 6.48. The predicted molar refractivity (Wildman–Crippen MR) is 120 cm³/mol. The third kappa shape index (κ3) is 4.80. The van der Waals surface area contributed by atoms with Gasteiger partial charge in [-0.15, -0.1) is 5.10 Å². The first kappa shape index (κ1) is 22.6. The van der Waals surface area contributed by atoms with Crippen LogP contribution in [0.5, 0.6) is 11.9 Å². The fourth-order valence-electron chi connectivity index (χ4n) is 3.38. The molecule has 1 saturated carbocycles. The molecular weight excluding hydrogens is 396 g/mol. The first-order valence-electron chi connectivity index (χ1n) is 10.5. The van der Waals surface area contributed by atoms with Gasteiger partial charge in [0.1, 0.15) is 5.69 Å². The number of hydrogen-bond acceptors (Lipinski definition) is 7. The largest absolute Gasteiger partial charge is 0.480 e. The highest BCUT2D eigenvalue weighted by Gasteiger charge is 2.41. The van der Waals surface area contributed by atoms with Crippen LogP contribution in [0.15, 0.2) is 12.3 Å². The Morgan fingerprint density at radius 3 is 2.50 bits per heavy atom. The Morgan fingerprint density at radius 1 is 1.13 bits per heavy atom. The van der Waals surface area contributed by atoms with Crippen molar-refractivity contribution in [2.24, 2.45) is 5.92 Å². The smallest absolute Gasteiger partial charge is 0.319 e. The average molecular weight is 431 g/mol. The predicted octanol–water partition coefficient (Wildman–Crippen LogP) is 4.77. The molecule has 164 valence electrons. The molecule has 0 amide bonds. The monoisotopic (exact) mass is 430 g/mol. The van der Waals surface area contributed by atoms with Gasteiger partial charge in [-0.3, -0.25) is 0 Å². The van der Waals surface area contributed by atoms with E-state index >= 15 is 0 Å². The second-order valence-corrected chi connectivity index (χ2v) is 14.4. The summed E-state index contributed by atoms with van der Waals surface area (Å²) in [7, 11) is 1.42. The van der Waals surface area contributed by atoms with Crippen LogP contribution in [-0.2, 0) is 4.43 Å². The highest BCUT2D eigenvalue weighted by molar-refractivity contribution is 6.74. The van der Waals surface area contributed by atoms with Crippen molar-refractivity contribution in [3.8, 4) is 23.1 Å². The van der Waals surface area contributed by atoms with E-state index in [4.69, 9.17) is 13.9 Å². The van der Waals surface area contributed by atoms with Crippen molar-refractivity contribution in [2.75, 3.05) is 20.8 Å². The second kappa shape index (κ2) is 8.59. The maximum Gasteiger partial charge on any atom is 0.319 e. The van der Waals surface area contributed by atoms with Crippen molar-refractivity contribution in [1.29, 1.82) is 0 Å². The van der Waals surface area contributed by atoms with Gasteiger partial charge in [0.25, 0.3) is 0 Å². The standard InChI is InChI=1S/C22H34N4O3Si/c1-14-16(17-11-15(17)9-10-29-30(7,8)22(2,3)4)12-19(26-25-14)18-13-23-21(28-6)24-20(18)27-5/h12-13,15,17H,9-11H2,1-8H3. The normalized spacial score (nSPS) is 18.9. The zero-order chi connectivity index (χ0) is 22.1. The lowest BCUT2D eigenvalue weighted by Gasteiger charge is -2.36. The first-order chi connectivity index (χ1) is 14.1. The summed E-state index contributed by atoms with van der Waals surface area (Å²) in [5, 5.41) is 9.01. The van der Waals surface area contributed by atoms with Gasteiger partial charge in [0.05, 0.1) is 25.5 Å². The minimum Gasteiger partial charge on any atom is -0.480 e. The van der Waals surface area contributed by atoms with E-state index in [0.717, 1.165) is 24.4 Å². The number of ether oxygens (including phenoxy) is 2. The van der Waals surface area contributed by atoms with Crippen LogP contribution in [0.1, 0.15) is 50.8 Å². The van der Waals surface area contributed by atoms with Crippen LogP contribution in [0.25, 0.3) is 11.3 Å². The molecule has 2 heterocycles. The molecule has 2 aromatic rings. The molecule has 7 nitrogen and oxygen atoms in total. The van der Waals surface area contributed by atoms with Crippen LogP contribution < -0.4 is 9.47 Å². The van der Waals surface area contributed by atoms with E-state index < -0.39 is 8.32 Å². The first-order valence-corrected chi connectivity index (χ1v) is 13.4. The van der Waals surface area contributed by atoms with Gasteiger partial charge in [0.15, 0.2) is 8.32 Å². The second-order valence-electron chi connectivity index (χ2n) is 9.55. The molecule has 2 atom stereocenters. The number of hydrogen-bond donors (Lipinski definition) is 0. The van der Waals surface area contributed by atoms with Crippen LogP contribution in [0.2, 0.25) is 18.1 Å². The summed E-state index contributed by atoms with van der Waals surface area (Å²) < 4.78 is 16.9. The number of nitrogens with zero attached hydrogens (tertiary/aromatic N) is 4. The van der Waals surface area contributed by atoms with Crippen molar-refractivity contribution < 1.29 is 13.9 Å². The molecule has 0 saturated heterocycles. The SMILES string of the molecule is COc1ncc(-c2cc(C3CC3CCO[Si](C)(C)C(C)(C)C)c(C)nn2)c(OC)n1. The van der Waals surface area contributed by atoms with Crippen molar-refractivity contribution >= 4 is 8.32 Å². The van der Waals surface area contributed by atoms with Gasteiger partial charge in [0, 0.05) is 12.8 Å². The highest BCUT2D eigenvalue weighted by Crippen LogP contribution is 2.51.